The molecule has 3 rings (SSSR count). The summed E-state index contributed by atoms with van der Waals surface area (Å²) in [5, 5.41) is 0. The van der Waals surface area contributed by atoms with Crippen LogP contribution in [0.15, 0.2) is 60.1 Å². The molecule has 0 spiro atoms. The topological polar surface area (TPSA) is 59.5 Å². The van der Waals surface area contributed by atoms with Crippen LogP contribution in [0.2, 0.25) is 0 Å². The van der Waals surface area contributed by atoms with Crippen LogP contribution in [-0.4, -0.2) is 26.7 Å². The Morgan fingerprint density at radius 3 is 2.57 bits per heavy atom. The van der Waals surface area contributed by atoms with Crippen LogP contribution in [0.25, 0.3) is 5.57 Å². The molecule has 0 bridgehead atoms. The van der Waals surface area contributed by atoms with E-state index in [2.05, 4.69) is 11.6 Å². The Morgan fingerprint density at radius 2 is 1.90 bits per heavy atom. The van der Waals surface area contributed by atoms with Gasteiger partial charge in [-0.05, 0) is 24.3 Å². The van der Waals surface area contributed by atoms with Crippen molar-refractivity contribution in [3.05, 3.63) is 60.8 Å². The summed E-state index contributed by atoms with van der Waals surface area (Å²) in [7, 11) is -2.31. The van der Waals surface area contributed by atoms with Crippen LogP contribution < -0.4 is 4.31 Å². The van der Waals surface area contributed by atoms with E-state index in [-0.39, 0.29) is 4.90 Å². The second-order valence-electron chi connectivity index (χ2n) is 4.60. The molecule has 1 aliphatic heterocycles. The Hall–Kier alpha value is -2.18. The van der Waals surface area contributed by atoms with Crippen molar-refractivity contribution < 1.29 is 13.2 Å². The van der Waals surface area contributed by atoms with E-state index in [0.29, 0.717) is 17.0 Å². The first-order valence-corrected chi connectivity index (χ1v) is 7.78. The van der Waals surface area contributed by atoms with E-state index in [4.69, 9.17) is 4.74 Å². The molecule has 2 heterocycles. The molecule has 21 heavy (non-hydrogen) atoms. The minimum absolute atomic E-state index is 0.193. The number of aromatic nitrogens is 1. The molecule has 6 heteroatoms. The van der Waals surface area contributed by atoms with Gasteiger partial charge in [0.1, 0.15) is 0 Å². The Bertz CT molecular complexity index is 788. The van der Waals surface area contributed by atoms with Crippen molar-refractivity contribution >= 4 is 21.4 Å². The minimum Gasteiger partial charge on any atom is -0.356 e. The van der Waals surface area contributed by atoms with E-state index in [9.17, 15) is 8.42 Å². The van der Waals surface area contributed by atoms with Gasteiger partial charge in [-0.3, -0.25) is 0 Å². The van der Waals surface area contributed by atoms with Gasteiger partial charge in [0, 0.05) is 24.4 Å². The van der Waals surface area contributed by atoms with Crippen LogP contribution in [-0.2, 0) is 14.8 Å². The molecule has 0 saturated heterocycles. The molecule has 1 atom stereocenters. The van der Waals surface area contributed by atoms with Gasteiger partial charge in [0.25, 0.3) is 10.0 Å². The van der Waals surface area contributed by atoms with Crippen LogP contribution in [0.4, 0.5) is 5.82 Å². The summed E-state index contributed by atoms with van der Waals surface area (Å²) in [5.74, 6) is 0.346. The second-order valence-corrected chi connectivity index (χ2v) is 6.42. The lowest BCUT2D eigenvalue weighted by Crippen LogP contribution is -2.38. The highest BCUT2D eigenvalue weighted by Gasteiger charge is 2.42. The van der Waals surface area contributed by atoms with Gasteiger partial charge in [0.15, 0.2) is 12.0 Å². The number of methoxy groups -OCH3 is 1. The lowest BCUT2D eigenvalue weighted by atomic mass is 10.1. The largest absolute Gasteiger partial charge is 0.356 e. The van der Waals surface area contributed by atoms with Gasteiger partial charge in [-0.1, -0.05) is 24.8 Å². The fraction of sp³-hybridized carbons (Fsp3) is 0.133. The van der Waals surface area contributed by atoms with Gasteiger partial charge in [-0.2, -0.15) is 0 Å². The molecule has 1 aromatic heterocycles. The van der Waals surface area contributed by atoms with Crippen molar-refractivity contribution in [1.82, 2.24) is 4.98 Å². The summed E-state index contributed by atoms with van der Waals surface area (Å²) < 4.78 is 32.3. The number of anilines is 1. The van der Waals surface area contributed by atoms with Crippen LogP contribution >= 0.6 is 0 Å². The normalized spacial score (nSPS) is 17.9. The zero-order valence-electron chi connectivity index (χ0n) is 11.4. The first-order chi connectivity index (χ1) is 10.1. The monoisotopic (exact) mass is 302 g/mol. The lowest BCUT2D eigenvalue weighted by molar-refractivity contribution is 0.161. The standard InChI is InChI=1S/C15H14N2O3S/c1-11-13-9-6-10-16-14(13)17(15(11)20-2)21(18,19)12-7-4-3-5-8-12/h3-10,15H,1H2,2H3. The SMILES string of the molecule is C=C1c2cccnc2N(S(=O)(=O)c2ccccc2)C1OC. The lowest BCUT2D eigenvalue weighted by Gasteiger charge is -2.24. The number of benzene rings is 1. The first-order valence-electron chi connectivity index (χ1n) is 6.34. The van der Waals surface area contributed by atoms with E-state index in [1.165, 1.54) is 11.4 Å². The number of fused-ring (bicyclic) bond motifs is 1. The van der Waals surface area contributed by atoms with Crippen molar-refractivity contribution in [2.75, 3.05) is 11.4 Å². The van der Waals surface area contributed by atoms with E-state index >= 15 is 0 Å². The maximum absolute atomic E-state index is 12.9. The molecule has 5 nitrogen and oxygen atoms in total. The van der Waals surface area contributed by atoms with Gasteiger partial charge in [0.2, 0.25) is 0 Å². The zero-order chi connectivity index (χ0) is 15.0. The highest BCUT2D eigenvalue weighted by Crippen LogP contribution is 2.41. The van der Waals surface area contributed by atoms with Crippen molar-refractivity contribution in [2.45, 2.75) is 11.1 Å². The van der Waals surface area contributed by atoms with Crippen molar-refractivity contribution in [1.29, 1.82) is 0 Å². The fourth-order valence-electron chi connectivity index (χ4n) is 2.39. The smallest absolute Gasteiger partial charge is 0.267 e. The molecule has 2 aromatic rings. The van der Waals surface area contributed by atoms with E-state index in [0.717, 1.165) is 0 Å². The molecule has 0 amide bonds. The third-order valence-corrected chi connectivity index (χ3v) is 5.13. The van der Waals surface area contributed by atoms with E-state index in [1.807, 2.05) is 0 Å². The van der Waals surface area contributed by atoms with E-state index < -0.39 is 16.3 Å². The predicted molar refractivity (Wildman–Crippen MR) is 80.2 cm³/mol. The summed E-state index contributed by atoms with van der Waals surface area (Å²) in [6, 6.07) is 11.8. The summed E-state index contributed by atoms with van der Waals surface area (Å²) in [6.45, 7) is 3.93. The van der Waals surface area contributed by atoms with E-state index in [1.54, 1.807) is 48.7 Å². The number of hydrogen-bond donors (Lipinski definition) is 0. The summed E-state index contributed by atoms with van der Waals surface area (Å²) in [4.78, 5) is 4.38. The number of nitrogens with zero attached hydrogens (tertiary/aromatic N) is 2. The first kappa shape index (κ1) is 13.8. The highest BCUT2D eigenvalue weighted by atomic mass is 32.2. The maximum atomic E-state index is 12.9. The molecule has 0 radical (unpaired) electrons. The molecular formula is C15H14N2O3S. The van der Waals surface area contributed by atoms with Crippen molar-refractivity contribution in [2.24, 2.45) is 0 Å². The molecular weight excluding hydrogens is 288 g/mol. The third kappa shape index (κ3) is 2.03. The number of rotatable bonds is 3. The van der Waals surface area contributed by atoms with Gasteiger partial charge in [-0.25, -0.2) is 17.7 Å². The van der Waals surface area contributed by atoms with Crippen molar-refractivity contribution in [3.63, 3.8) is 0 Å². The average molecular weight is 302 g/mol. The van der Waals surface area contributed by atoms with Crippen LogP contribution in [0.5, 0.6) is 0 Å². The summed E-state index contributed by atoms with van der Waals surface area (Å²) >= 11 is 0. The Balaban J connectivity index is 2.19. The van der Waals surface area contributed by atoms with Gasteiger partial charge in [0.05, 0.1) is 4.90 Å². The number of sulfonamides is 1. The molecule has 1 aliphatic rings. The second kappa shape index (κ2) is 4.98. The number of pyridine rings is 1. The molecule has 0 aliphatic carbocycles. The molecule has 108 valence electrons. The predicted octanol–water partition coefficient (Wildman–Crippen LogP) is 2.28. The fourth-order valence-corrected chi connectivity index (χ4v) is 3.96. The average Bonchev–Trinajstić information content (AvgIpc) is 2.81. The van der Waals surface area contributed by atoms with Gasteiger partial charge in [-0.15, -0.1) is 0 Å². The maximum Gasteiger partial charge on any atom is 0.267 e. The minimum atomic E-state index is -3.76. The number of hydrogen-bond acceptors (Lipinski definition) is 4. The number of ether oxygens (including phenoxy) is 1. The summed E-state index contributed by atoms with van der Waals surface area (Å²) in [5.41, 5.74) is 1.27. The van der Waals surface area contributed by atoms with Crippen LogP contribution in [0.3, 0.4) is 0 Å². The molecule has 1 aromatic carbocycles. The van der Waals surface area contributed by atoms with Crippen LogP contribution in [0, 0.1) is 0 Å². The van der Waals surface area contributed by atoms with Crippen molar-refractivity contribution in [3.8, 4) is 0 Å². The quantitative estimate of drug-likeness (QED) is 0.872. The Kier molecular flexibility index (Phi) is 3.27. The zero-order valence-corrected chi connectivity index (χ0v) is 12.2. The summed E-state index contributed by atoms with van der Waals surface area (Å²) in [6.07, 6.45) is 0.776. The molecule has 0 saturated carbocycles. The van der Waals surface area contributed by atoms with Gasteiger partial charge < -0.3 is 4.74 Å². The molecule has 0 N–H and O–H groups in total. The molecule has 0 fully saturated rings. The van der Waals surface area contributed by atoms with Gasteiger partial charge >= 0.3 is 0 Å². The van der Waals surface area contributed by atoms with Crippen LogP contribution in [0.1, 0.15) is 5.56 Å². The third-order valence-electron chi connectivity index (χ3n) is 3.38. The Labute approximate surface area is 123 Å². The Morgan fingerprint density at radius 1 is 1.19 bits per heavy atom. The highest BCUT2D eigenvalue weighted by molar-refractivity contribution is 7.93. The molecule has 1 unspecified atom stereocenters.